The number of aromatic nitrogens is 2. The molecule has 90 valence electrons. The third-order valence-electron chi connectivity index (χ3n) is 2.36. The van der Waals surface area contributed by atoms with Crippen molar-refractivity contribution in [2.45, 2.75) is 13.5 Å². The molecule has 0 aliphatic rings. The fourth-order valence-corrected chi connectivity index (χ4v) is 2.27. The summed E-state index contributed by atoms with van der Waals surface area (Å²) in [6, 6.07) is 7.74. The zero-order chi connectivity index (χ0) is 12.3. The quantitative estimate of drug-likeness (QED) is 0.937. The normalized spacial score (nSPS) is 10.8. The minimum absolute atomic E-state index is 0.678. The fraction of sp³-hybridized carbons (Fsp3) is 0.250. The summed E-state index contributed by atoms with van der Waals surface area (Å²) >= 11 is 9.56. The van der Waals surface area contributed by atoms with Crippen molar-refractivity contribution in [2.24, 2.45) is 0 Å². The maximum absolute atomic E-state index is 6.17. The third-order valence-corrected chi connectivity index (χ3v) is 3.15. The summed E-state index contributed by atoms with van der Waals surface area (Å²) in [6.07, 6.45) is 1.92. The molecule has 0 spiro atoms. The van der Waals surface area contributed by atoms with Gasteiger partial charge >= 0.3 is 0 Å². The molecule has 2 aromatic rings. The lowest BCUT2D eigenvalue weighted by Crippen LogP contribution is -2.12. The van der Waals surface area contributed by atoms with Crippen LogP contribution in [0.1, 0.15) is 12.6 Å². The largest absolute Gasteiger partial charge is 0.311 e. The van der Waals surface area contributed by atoms with Gasteiger partial charge in [0, 0.05) is 17.2 Å². The van der Waals surface area contributed by atoms with Gasteiger partial charge in [0.2, 0.25) is 0 Å². The van der Waals surface area contributed by atoms with Crippen molar-refractivity contribution >= 4 is 27.5 Å². The van der Waals surface area contributed by atoms with Crippen molar-refractivity contribution in [3.63, 3.8) is 0 Å². The Kier molecular flexibility index (Phi) is 4.20. The first-order chi connectivity index (χ1) is 8.20. The van der Waals surface area contributed by atoms with Crippen LogP contribution >= 0.6 is 27.5 Å². The van der Waals surface area contributed by atoms with Crippen molar-refractivity contribution in [1.29, 1.82) is 0 Å². The van der Waals surface area contributed by atoms with Crippen LogP contribution in [0.15, 0.2) is 34.9 Å². The molecule has 1 N–H and O–H groups in total. The maximum Gasteiger partial charge on any atom is 0.0832 e. The van der Waals surface area contributed by atoms with E-state index in [9.17, 15) is 0 Å². The summed E-state index contributed by atoms with van der Waals surface area (Å²) in [5, 5.41) is 8.38. The van der Waals surface area contributed by atoms with Crippen molar-refractivity contribution in [2.75, 3.05) is 6.54 Å². The Hall–Kier alpha value is -0.840. The van der Waals surface area contributed by atoms with E-state index in [0.29, 0.717) is 5.02 Å². The van der Waals surface area contributed by atoms with Gasteiger partial charge < -0.3 is 5.32 Å². The molecule has 0 saturated carbocycles. The predicted molar refractivity (Wildman–Crippen MR) is 73.7 cm³/mol. The fourth-order valence-electron chi connectivity index (χ4n) is 1.51. The Labute approximate surface area is 114 Å². The molecule has 0 atom stereocenters. The molecule has 1 aromatic heterocycles. The average Bonchev–Trinajstić information content (AvgIpc) is 2.75. The van der Waals surface area contributed by atoms with Crippen molar-refractivity contribution < 1.29 is 0 Å². The molecule has 1 aromatic carbocycles. The van der Waals surface area contributed by atoms with Gasteiger partial charge in [0.1, 0.15) is 0 Å². The van der Waals surface area contributed by atoms with Crippen LogP contribution in [0.2, 0.25) is 5.02 Å². The molecule has 0 fully saturated rings. The molecule has 5 heteroatoms. The van der Waals surface area contributed by atoms with E-state index in [0.717, 1.165) is 28.9 Å². The maximum atomic E-state index is 6.17. The summed E-state index contributed by atoms with van der Waals surface area (Å²) in [4.78, 5) is 0. The Balaban J connectivity index is 2.24. The zero-order valence-corrected chi connectivity index (χ0v) is 11.8. The molecule has 0 aliphatic carbocycles. The molecule has 0 amide bonds. The summed E-state index contributed by atoms with van der Waals surface area (Å²) in [6.45, 7) is 3.78. The highest BCUT2D eigenvalue weighted by Gasteiger charge is 2.05. The van der Waals surface area contributed by atoms with Crippen LogP contribution < -0.4 is 5.32 Å². The molecular formula is C12H13BrClN3. The molecular weight excluding hydrogens is 302 g/mol. The second-order valence-corrected chi connectivity index (χ2v) is 4.95. The van der Waals surface area contributed by atoms with E-state index in [-0.39, 0.29) is 0 Å². The summed E-state index contributed by atoms with van der Waals surface area (Å²) in [5.41, 5.74) is 1.89. The van der Waals surface area contributed by atoms with E-state index < -0.39 is 0 Å². The van der Waals surface area contributed by atoms with Crippen molar-refractivity contribution in [1.82, 2.24) is 15.1 Å². The van der Waals surface area contributed by atoms with E-state index >= 15 is 0 Å². The second-order valence-electron chi connectivity index (χ2n) is 3.63. The Bertz CT molecular complexity index is 510. The number of nitrogens with one attached hydrogen (secondary N) is 1. The van der Waals surface area contributed by atoms with Crippen molar-refractivity contribution in [3.8, 4) is 5.69 Å². The van der Waals surface area contributed by atoms with E-state index in [2.05, 4.69) is 33.3 Å². The number of halogens is 2. The first-order valence-corrected chi connectivity index (χ1v) is 6.58. The molecule has 17 heavy (non-hydrogen) atoms. The highest BCUT2D eigenvalue weighted by Crippen LogP contribution is 2.24. The van der Waals surface area contributed by atoms with E-state index in [1.165, 1.54) is 0 Å². The van der Waals surface area contributed by atoms with E-state index in [1.807, 2.05) is 30.5 Å². The van der Waals surface area contributed by atoms with Crippen LogP contribution in [0, 0.1) is 0 Å². The first-order valence-electron chi connectivity index (χ1n) is 5.41. The van der Waals surface area contributed by atoms with Gasteiger partial charge in [-0.3, -0.25) is 0 Å². The van der Waals surface area contributed by atoms with Crippen LogP contribution in [0.3, 0.4) is 0 Å². The van der Waals surface area contributed by atoms with Gasteiger partial charge in [-0.25, -0.2) is 4.68 Å². The molecule has 0 bridgehead atoms. The van der Waals surface area contributed by atoms with E-state index in [1.54, 1.807) is 4.68 Å². The van der Waals surface area contributed by atoms with Crippen LogP contribution in [0.4, 0.5) is 0 Å². The lowest BCUT2D eigenvalue weighted by atomic mass is 10.3. The van der Waals surface area contributed by atoms with Gasteiger partial charge in [-0.05, 0) is 30.8 Å². The minimum atomic E-state index is 0.678. The van der Waals surface area contributed by atoms with Gasteiger partial charge in [0.15, 0.2) is 0 Å². The highest BCUT2D eigenvalue weighted by atomic mass is 79.9. The summed E-state index contributed by atoms with van der Waals surface area (Å²) < 4.78 is 2.76. The first kappa shape index (κ1) is 12.6. The third kappa shape index (κ3) is 3.09. The Morgan fingerprint density at radius 1 is 1.41 bits per heavy atom. The number of rotatable bonds is 4. The van der Waals surface area contributed by atoms with E-state index in [4.69, 9.17) is 11.6 Å². The second kappa shape index (κ2) is 5.67. The number of hydrogen-bond donors (Lipinski definition) is 1. The molecule has 1 heterocycles. The van der Waals surface area contributed by atoms with Gasteiger partial charge in [-0.15, -0.1) is 0 Å². The van der Waals surface area contributed by atoms with Gasteiger partial charge in [0.25, 0.3) is 0 Å². The van der Waals surface area contributed by atoms with Crippen LogP contribution in [0.25, 0.3) is 5.69 Å². The lowest BCUT2D eigenvalue weighted by Gasteiger charge is -2.04. The SMILES string of the molecule is CCNCc1ccn(-c2ccc(Br)cc2Cl)n1. The average molecular weight is 315 g/mol. The topological polar surface area (TPSA) is 29.9 Å². The minimum Gasteiger partial charge on any atom is -0.311 e. The highest BCUT2D eigenvalue weighted by molar-refractivity contribution is 9.10. The van der Waals surface area contributed by atoms with Gasteiger partial charge in [0.05, 0.1) is 16.4 Å². The molecule has 0 saturated heterocycles. The van der Waals surface area contributed by atoms with Gasteiger partial charge in [-0.1, -0.05) is 34.5 Å². The molecule has 0 radical (unpaired) electrons. The van der Waals surface area contributed by atoms with Crippen LogP contribution in [-0.4, -0.2) is 16.3 Å². The lowest BCUT2D eigenvalue weighted by molar-refractivity contribution is 0.696. The molecule has 0 aliphatic heterocycles. The molecule has 3 nitrogen and oxygen atoms in total. The molecule has 0 unspecified atom stereocenters. The zero-order valence-electron chi connectivity index (χ0n) is 9.45. The van der Waals surface area contributed by atoms with Crippen LogP contribution in [-0.2, 0) is 6.54 Å². The summed E-state index contributed by atoms with van der Waals surface area (Å²) in [7, 11) is 0. The molecule has 2 rings (SSSR count). The monoisotopic (exact) mass is 313 g/mol. The Morgan fingerprint density at radius 3 is 2.94 bits per heavy atom. The van der Waals surface area contributed by atoms with Gasteiger partial charge in [-0.2, -0.15) is 5.10 Å². The predicted octanol–water partition coefficient (Wildman–Crippen LogP) is 3.40. The summed E-state index contributed by atoms with van der Waals surface area (Å²) in [5.74, 6) is 0. The number of benzene rings is 1. The smallest absolute Gasteiger partial charge is 0.0832 e. The number of hydrogen-bond acceptors (Lipinski definition) is 2. The van der Waals surface area contributed by atoms with Crippen LogP contribution in [0.5, 0.6) is 0 Å². The Morgan fingerprint density at radius 2 is 2.24 bits per heavy atom. The standard InChI is InChI=1S/C12H13BrClN3/c1-2-15-8-10-5-6-17(16-10)12-4-3-9(13)7-11(12)14/h3-7,15H,2,8H2,1H3. The number of nitrogens with zero attached hydrogens (tertiary/aromatic N) is 2. The van der Waals surface area contributed by atoms with Crippen molar-refractivity contribution in [3.05, 3.63) is 45.7 Å².